The lowest BCUT2D eigenvalue weighted by molar-refractivity contribution is 0.312. The van der Waals surface area contributed by atoms with E-state index in [1.807, 2.05) is 6.20 Å². The second-order valence-corrected chi connectivity index (χ2v) is 5.05. The molecule has 94 valence electrons. The molecule has 1 saturated heterocycles. The van der Waals surface area contributed by atoms with E-state index in [9.17, 15) is 0 Å². The third-order valence-electron chi connectivity index (χ3n) is 3.14. The average molecular weight is 234 g/mol. The minimum Gasteiger partial charge on any atom is -0.354 e. The van der Waals surface area contributed by atoms with Gasteiger partial charge in [0.05, 0.1) is 0 Å². The van der Waals surface area contributed by atoms with Gasteiger partial charge < -0.3 is 14.7 Å². The predicted molar refractivity (Wildman–Crippen MR) is 71.3 cm³/mol. The van der Waals surface area contributed by atoms with Crippen LogP contribution in [0.25, 0.3) is 0 Å². The number of aromatic nitrogens is 1. The second kappa shape index (κ2) is 5.47. The van der Waals surface area contributed by atoms with E-state index in [1.165, 1.54) is 5.56 Å². The van der Waals surface area contributed by atoms with Gasteiger partial charge in [0, 0.05) is 38.9 Å². The number of hydrogen-bond donors (Lipinski definition) is 0. The van der Waals surface area contributed by atoms with Gasteiger partial charge in [-0.3, -0.25) is 0 Å². The molecule has 0 bridgehead atoms. The van der Waals surface area contributed by atoms with Crippen molar-refractivity contribution in [3.8, 4) is 0 Å². The molecule has 0 aromatic carbocycles. The van der Waals surface area contributed by atoms with Gasteiger partial charge in [-0.15, -0.1) is 0 Å². The van der Waals surface area contributed by atoms with E-state index in [-0.39, 0.29) is 0 Å². The Kier molecular flexibility index (Phi) is 3.97. The molecule has 1 aromatic heterocycles. The number of anilines is 1. The molecule has 2 rings (SSSR count). The van der Waals surface area contributed by atoms with Crippen molar-refractivity contribution in [1.29, 1.82) is 0 Å². The lowest BCUT2D eigenvalue weighted by Crippen LogP contribution is -2.44. The van der Waals surface area contributed by atoms with Crippen LogP contribution in [0.1, 0.15) is 5.56 Å². The molecule has 2 heterocycles. The minimum absolute atomic E-state index is 0.954. The molecule has 0 unspecified atom stereocenters. The standard InChI is InChI=1S/C13H22N4/c1-15(2)11-12-4-5-13(14-10-12)17-8-6-16(3)7-9-17/h4-5,10H,6-9,11H2,1-3H3. The van der Waals surface area contributed by atoms with Crippen LogP contribution < -0.4 is 4.90 Å². The summed E-state index contributed by atoms with van der Waals surface area (Å²) in [6, 6.07) is 4.32. The first-order chi connectivity index (χ1) is 8.15. The van der Waals surface area contributed by atoms with Gasteiger partial charge in [0.1, 0.15) is 5.82 Å². The van der Waals surface area contributed by atoms with Crippen molar-refractivity contribution in [3.63, 3.8) is 0 Å². The molecule has 1 aliphatic rings. The number of likely N-dealkylation sites (N-methyl/N-ethyl adjacent to an activating group) is 1. The van der Waals surface area contributed by atoms with Crippen molar-refractivity contribution in [2.24, 2.45) is 0 Å². The minimum atomic E-state index is 0.954. The largest absolute Gasteiger partial charge is 0.354 e. The molecule has 0 N–H and O–H groups in total. The highest BCUT2D eigenvalue weighted by molar-refractivity contribution is 5.39. The first kappa shape index (κ1) is 12.3. The fourth-order valence-corrected chi connectivity index (χ4v) is 2.10. The summed E-state index contributed by atoms with van der Waals surface area (Å²) in [4.78, 5) is 11.4. The van der Waals surface area contributed by atoms with Crippen LogP contribution in [0.15, 0.2) is 18.3 Å². The van der Waals surface area contributed by atoms with Crippen LogP contribution in [0.5, 0.6) is 0 Å². The summed E-state index contributed by atoms with van der Waals surface area (Å²) in [6.45, 7) is 5.37. The maximum Gasteiger partial charge on any atom is 0.128 e. The van der Waals surface area contributed by atoms with Crippen molar-refractivity contribution < 1.29 is 0 Å². The quantitative estimate of drug-likeness (QED) is 0.775. The zero-order chi connectivity index (χ0) is 12.3. The maximum atomic E-state index is 4.56. The molecular formula is C13H22N4. The zero-order valence-electron chi connectivity index (χ0n) is 11.1. The van der Waals surface area contributed by atoms with Crippen molar-refractivity contribution in [2.45, 2.75) is 6.54 Å². The van der Waals surface area contributed by atoms with E-state index < -0.39 is 0 Å². The van der Waals surface area contributed by atoms with Crippen LogP contribution in [-0.4, -0.2) is 62.1 Å². The molecule has 1 aromatic rings. The van der Waals surface area contributed by atoms with Crippen molar-refractivity contribution in [3.05, 3.63) is 23.9 Å². The van der Waals surface area contributed by atoms with Crippen molar-refractivity contribution >= 4 is 5.82 Å². The first-order valence-corrected chi connectivity index (χ1v) is 6.18. The van der Waals surface area contributed by atoms with E-state index in [2.05, 4.69) is 53.0 Å². The summed E-state index contributed by atoms with van der Waals surface area (Å²) in [7, 11) is 6.33. The van der Waals surface area contributed by atoms with Crippen LogP contribution in [0.3, 0.4) is 0 Å². The van der Waals surface area contributed by atoms with Gasteiger partial charge in [0.25, 0.3) is 0 Å². The molecule has 0 spiro atoms. The van der Waals surface area contributed by atoms with E-state index in [0.29, 0.717) is 0 Å². The summed E-state index contributed by atoms with van der Waals surface area (Å²) in [5, 5.41) is 0. The van der Waals surface area contributed by atoms with Crippen molar-refractivity contribution in [2.75, 3.05) is 52.2 Å². The van der Waals surface area contributed by atoms with Gasteiger partial charge >= 0.3 is 0 Å². The molecule has 4 heteroatoms. The molecule has 0 aliphatic carbocycles. The third kappa shape index (κ3) is 3.41. The summed E-state index contributed by atoms with van der Waals surface area (Å²) < 4.78 is 0. The topological polar surface area (TPSA) is 22.6 Å². The maximum absolute atomic E-state index is 4.56. The number of piperazine rings is 1. The van der Waals surface area contributed by atoms with Gasteiger partial charge in [-0.1, -0.05) is 6.07 Å². The molecule has 17 heavy (non-hydrogen) atoms. The monoisotopic (exact) mass is 234 g/mol. The second-order valence-electron chi connectivity index (χ2n) is 5.05. The van der Waals surface area contributed by atoms with Gasteiger partial charge in [-0.25, -0.2) is 4.98 Å². The highest BCUT2D eigenvalue weighted by Gasteiger charge is 2.14. The molecule has 0 saturated carbocycles. The van der Waals surface area contributed by atoms with E-state index >= 15 is 0 Å². The molecule has 0 radical (unpaired) electrons. The zero-order valence-corrected chi connectivity index (χ0v) is 11.1. The highest BCUT2D eigenvalue weighted by Crippen LogP contribution is 2.13. The predicted octanol–water partition coefficient (Wildman–Crippen LogP) is 0.895. The molecular weight excluding hydrogens is 212 g/mol. The number of rotatable bonds is 3. The molecule has 1 aliphatic heterocycles. The Morgan fingerprint density at radius 3 is 2.41 bits per heavy atom. The van der Waals surface area contributed by atoms with Gasteiger partial charge in [-0.2, -0.15) is 0 Å². The Morgan fingerprint density at radius 2 is 1.88 bits per heavy atom. The van der Waals surface area contributed by atoms with Crippen molar-refractivity contribution in [1.82, 2.24) is 14.8 Å². The van der Waals surface area contributed by atoms with Crippen LogP contribution in [0, 0.1) is 0 Å². The Labute approximate surface area is 104 Å². The Balaban J connectivity index is 1.97. The van der Waals surface area contributed by atoms with Crippen LogP contribution in [0.2, 0.25) is 0 Å². The molecule has 0 amide bonds. The Morgan fingerprint density at radius 1 is 1.18 bits per heavy atom. The SMILES string of the molecule is CN(C)Cc1ccc(N2CCN(C)CC2)nc1. The average Bonchev–Trinajstić information content (AvgIpc) is 2.30. The molecule has 0 atom stereocenters. The normalized spacial score (nSPS) is 17.8. The fraction of sp³-hybridized carbons (Fsp3) is 0.615. The van der Waals surface area contributed by atoms with Gasteiger partial charge in [0.2, 0.25) is 0 Å². The lowest BCUT2D eigenvalue weighted by atomic mass is 10.2. The van der Waals surface area contributed by atoms with Crippen LogP contribution >= 0.6 is 0 Å². The van der Waals surface area contributed by atoms with E-state index in [0.717, 1.165) is 38.5 Å². The third-order valence-corrected chi connectivity index (χ3v) is 3.14. The molecule has 1 fully saturated rings. The van der Waals surface area contributed by atoms with E-state index in [1.54, 1.807) is 0 Å². The number of pyridine rings is 1. The first-order valence-electron chi connectivity index (χ1n) is 6.18. The van der Waals surface area contributed by atoms with Gasteiger partial charge in [0.15, 0.2) is 0 Å². The highest BCUT2D eigenvalue weighted by atomic mass is 15.3. The van der Waals surface area contributed by atoms with Crippen LogP contribution in [0.4, 0.5) is 5.82 Å². The lowest BCUT2D eigenvalue weighted by Gasteiger charge is -2.33. The number of hydrogen-bond acceptors (Lipinski definition) is 4. The Bertz CT molecular complexity index is 339. The summed E-state index contributed by atoms with van der Waals surface area (Å²) in [6.07, 6.45) is 1.99. The molecule has 4 nitrogen and oxygen atoms in total. The number of nitrogens with zero attached hydrogens (tertiary/aromatic N) is 4. The summed E-state index contributed by atoms with van der Waals surface area (Å²) >= 11 is 0. The van der Waals surface area contributed by atoms with Crippen LogP contribution in [-0.2, 0) is 6.54 Å². The Hall–Kier alpha value is -1.13. The summed E-state index contributed by atoms with van der Waals surface area (Å²) in [5.41, 5.74) is 1.27. The smallest absolute Gasteiger partial charge is 0.128 e. The van der Waals surface area contributed by atoms with Gasteiger partial charge in [-0.05, 0) is 32.8 Å². The summed E-state index contributed by atoms with van der Waals surface area (Å²) in [5.74, 6) is 1.11. The fourth-order valence-electron chi connectivity index (χ4n) is 2.10. The van der Waals surface area contributed by atoms with E-state index in [4.69, 9.17) is 0 Å².